The van der Waals surface area contributed by atoms with E-state index in [1.54, 1.807) is 0 Å². The average molecular weight is 241 g/mol. The SMILES string of the molecule is Nc1ccc(Cc2nccn2C2CCCC2)cc1. The lowest BCUT2D eigenvalue weighted by Gasteiger charge is -2.14. The molecule has 0 saturated heterocycles. The van der Waals surface area contributed by atoms with Crippen LogP contribution in [-0.4, -0.2) is 9.55 Å². The molecule has 94 valence electrons. The summed E-state index contributed by atoms with van der Waals surface area (Å²) in [6.07, 6.45) is 10.2. The summed E-state index contributed by atoms with van der Waals surface area (Å²) in [7, 11) is 0. The average Bonchev–Trinajstić information content (AvgIpc) is 3.02. The summed E-state index contributed by atoms with van der Waals surface area (Å²) < 4.78 is 2.36. The fourth-order valence-electron chi connectivity index (χ4n) is 2.81. The van der Waals surface area contributed by atoms with E-state index in [-0.39, 0.29) is 0 Å². The van der Waals surface area contributed by atoms with Gasteiger partial charge in [-0.2, -0.15) is 0 Å². The Morgan fingerprint density at radius 1 is 1.17 bits per heavy atom. The van der Waals surface area contributed by atoms with E-state index in [0.717, 1.165) is 12.1 Å². The third-order valence-electron chi connectivity index (χ3n) is 3.81. The van der Waals surface area contributed by atoms with Crippen molar-refractivity contribution in [3.63, 3.8) is 0 Å². The zero-order valence-corrected chi connectivity index (χ0v) is 10.5. The summed E-state index contributed by atoms with van der Waals surface area (Å²) in [6, 6.07) is 8.75. The molecule has 2 aromatic rings. The molecule has 18 heavy (non-hydrogen) atoms. The van der Waals surface area contributed by atoms with Gasteiger partial charge in [0.05, 0.1) is 0 Å². The number of rotatable bonds is 3. The molecule has 0 spiro atoms. The molecular formula is C15H19N3. The van der Waals surface area contributed by atoms with E-state index in [1.165, 1.54) is 37.1 Å². The first kappa shape index (κ1) is 11.3. The van der Waals surface area contributed by atoms with E-state index < -0.39 is 0 Å². The van der Waals surface area contributed by atoms with Crippen molar-refractivity contribution in [1.29, 1.82) is 0 Å². The molecule has 0 amide bonds. The Morgan fingerprint density at radius 3 is 2.61 bits per heavy atom. The molecule has 1 aliphatic carbocycles. The van der Waals surface area contributed by atoms with Gasteiger partial charge in [0.2, 0.25) is 0 Å². The largest absolute Gasteiger partial charge is 0.399 e. The topological polar surface area (TPSA) is 43.8 Å². The van der Waals surface area contributed by atoms with Crippen LogP contribution < -0.4 is 5.73 Å². The van der Waals surface area contributed by atoms with Gasteiger partial charge in [-0.05, 0) is 30.5 Å². The molecule has 1 aromatic carbocycles. The molecule has 0 atom stereocenters. The number of nitrogens with zero attached hydrogens (tertiary/aromatic N) is 2. The van der Waals surface area contributed by atoms with Crippen LogP contribution in [0.2, 0.25) is 0 Å². The minimum atomic E-state index is 0.663. The lowest BCUT2D eigenvalue weighted by molar-refractivity contribution is 0.501. The van der Waals surface area contributed by atoms with E-state index in [0.29, 0.717) is 6.04 Å². The van der Waals surface area contributed by atoms with Gasteiger partial charge in [0, 0.05) is 30.5 Å². The summed E-state index contributed by atoms with van der Waals surface area (Å²) in [4.78, 5) is 4.51. The monoisotopic (exact) mass is 241 g/mol. The molecular weight excluding hydrogens is 222 g/mol. The van der Waals surface area contributed by atoms with Crippen LogP contribution in [0, 0.1) is 0 Å². The second-order valence-corrected chi connectivity index (χ2v) is 5.11. The first-order chi connectivity index (χ1) is 8.83. The third kappa shape index (κ3) is 2.26. The summed E-state index contributed by atoms with van der Waals surface area (Å²) in [5.74, 6) is 1.17. The number of hydrogen-bond acceptors (Lipinski definition) is 2. The van der Waals surface area contributed by atoms with Crippen molar-refractivity contribution >= 4 is 5.69 Å². The van der Waals surface area contributed by atoms with Crippen molar-refractivity contribution in [1.82, 2.24) is 9.55 Å². The first-order valence-corrected chi connectivity index (χ1v) is 6.69. The van der Waals surface area contributed by atoms with Gasteiger partial charge in [-0.25, -0.2) is 4.98 Å². The molecule has 0 aliphatic heterocycles. The Hall–Kier alpha value is -1.77. The van der Waals surface area contributed by atoms with E-state index in [1.807, 2.05) is 18.3 Å². The van der Waals surface area contributed by atoms with Crippen LogP contribution in [0.5, 0.6) is 0 Å². The van der Waals surface area contributed by atoms with Gasteiger partial charge < -0.3 is 10.3 Å². The Kier molecular flexibility index (Phi) is 3.05. The van der Waals surface area contributed by atoms with Gasteiger partial charge >= 0.3 is 0 Å². The number of nitrogen functional groups attached to an aromatic ring is 1. The minimum Gasteiger partial charge on any atom is -0.399 e. The number of benzene rings is 1. The molecule has 1 heterocycles. The summed E-state index contributed by atoms with van der Waals surface area (Å²) in [6.45, 7) is 0. The van der Waals surface area contributed by atoms with Gasteiger partial charge in [0.25, 0.3) is 0 Å². The van der Waals surface area contributed by atoms with Crippen LogP contribution in [0.1, 0.15) is 43.1 Å². The summed E-state index contributed by atoms with van der Waals surface area (Å²) in [5, 5.41) is 0. The van der Waals surface area contributed by atoms with Gasteiger partial charge in [0.15, 0.2) is 0 Å². The minimum absolute atomic E-state index is 0.663. The van der Waals surface area contributed by atoms with Crippen LogP contribution in [0.15, 0.2) is 36.7 Å². The molecule has 1 fully saturated rings. The zero-order valence-electron chi connectivity index (χ0n) is 10.5. The quantitative estimate of drug-likeness (QED) is 0.839. The van der Waals surface area contributed by atoms with Crippen molar-refractivity contribution in [3.05, 3.63) is 48.0 Å². The number of anilines is 1. The maximum atomic E-state index is 5.71. The van der Waals surface area contributed by atoms with Crippen LogP contribution in [0.4, 0.5) is 5.69 Å². The number of aromatic nitrogens is 2. The molecule has 3 nitrogen and oxygen atoms in total. The normalized spacial score (nSPS) is 16.2. The molecule has 1 aliphatic rings. The third-order valence-corrected chi connectivity index (χ3v) is 3.81. The van der Waals surface area contributed by atoms with Crippen LogP contribution in [0.25, 0.3) is 0 Å². The van der Waals surface area contributed by atoms with Crippen molar-refractivity contribution in [3.8, 4) is 0 Å². The standard InChI is InChI=1S/C15H19N3/c16-13-7-5-12(6-8-13)11-15-17-9-10-18(15)14-3-1-2-4-14/h5-10,14H,1-4,11,16H2. The Morgan fingerprint density at radius 2 is 1.89 bits per heavy atom. The zero-order chi connectivity index (χ0) is 12.4. The number of nitrogens with two attached hydrogens (primary N) is 1. The fourth-order valence-corrected chi connectivity index (χ4v) is 2.81. The second-order valence-electron chi connectivity index (χ2n) is 5.11. The molecule has 0 radical (unpaired) electrons. The van der Waals surface area contributed by atoms with Crippen LogP contribution in [0.3, 0.4) is 0 Å². The van der Waals surface area contributed by atoms with Crippen molar-refractivity contribution in [2.24, 2.45) is 0 Å². The summed E-state index contributed by atoms with van der Waals surface area (Å²) in [5.41, 5.74) is 7.80. The Bertz CT molecular complexity index is 507. The van der Waals surface area contributed by atoms with Gasteiger partial charge in [-0.1, -0.05) is 25.0 Å². The smallest absolute Gasteiger partial charge is 0.113 e. The Labute approximate surface area is 108 Å². The lowest BCUT2D eigenvalue weighted by atomic mass is 10.1. The molecule has 1 aromatic heterocycles. The van der Waals surface area contributed by atoms with Crippen LogP contribution >= 0.6 is 0 Å². The predicted octanol–water partition coefficient (Wildman–Crippen LogP) is 3.17. The predicted molar refractivity (Wildman–Crippen MR) is 73.4 cm³/mol. The highest BCUT2D eigenvalue weighted by Crippen LogP contribution is 2.30. The van der Waals surface area contributed by atoms with E-state index in [4.69, 9.17) is 5.73 Å². The highest BCUT2D eigenvalue weighted by Gasteiger charge is 2.18. The first-order valence-electron chi connectivity index (χ1n) is 6.69. The molecule has 3 heteroatoms. The highest BCUT2D eigenvalue weighted by molar-refractivity contribution is 5.39. The van der Waals surface area contributed by atoms with E-state index in [2.05, 4.69) is 27.9 Å². The van der Waals surface area contributed by atoms with Crippen molar-refractivity contribution < 1.29 is 0 Å². The fraction of sp³-hybridized carbons (Fsp3) is 0.400. The Balaban J connectivity index is 1.80. The molecule has 3 rings (SSSR count). The number of imidazole rings is 1. The van der Waals surface area contributed by atoms with Gasteiger partial charge in [-0.15, -0.1) is 0 Å². The lowest BCUT2D eigenvalue weighted by Crippen LogP contribution is -2.08. The number of hydrogen-bond donors (Lipinski definition) is 1. The molecule has 2 N–H and O–H groups in total. The second kappa shape index (κ2) is 4.84. The summed E-state index contributed by atoms with van der Waals surface area (Å²) >= 11 is 0. The van der Waals surface area contributed by atoms with Crippen LogP contribution in [-0.2, 0) is 6.42 Å². The maximum absolute atomic E-state index is 5.71. The van der Waals surface area contributed by atoms with Gasteiger partial charge in [-0.3, -0.25) is 0 Å². The van der Waals surface area contributed by atoms with E-state index in [9.17, 15) is 0 Å². The van der Waals surface area contributed by atoms with Gasteiger partial charge in [0.1, 0.15) is 5.82 Å². The van der Waals surface area contributed by atoms with Crippen molar-refractivity contribution in [2.75, 3.05) is 5.73 Å². The van der Waals surface area contributed by atoms with Crippen molar-refractivity contribution in [2.45, 2.75) is 38.1 Å². The molecule has 1 saturated carbocycles. The highest BCUT2D eigenvalue weighted by atomic mass is 15.1. The molecule has 0 unspecified atom stereocenters. The maximum Gasteiger partial charge on any atom is 0.113 e. The van der Waals surface area contributed by atoms with E-state index >= 15 is 0 Å². The molecule has 0 bridgehead atoms.